The fourth-order valence-electron chi connectivity index (χ4n) is 5.58. The number of nitrogens with zero attached hydrogens (tertiary/aromatic N) is 3. The second-order valence-corrected chi connectivity index (χ2v) is 8.86. The Morgan fingerprint density at radius 2 is 2.10 bits per heavy atom. The monoisotopic (exact) mass is 416 g/mol. The van der Waals surface area contributed by atoms with Crippen molar-refractivity contribution in [1.82, 2.24) is 9.88 Å². The van der Waals surface area contributed by atoms with E-state index in [4.69, 9.17) is 4.74 Å². The van der Waals surface area contributed by atoms with Crippen molar-refractivity contribution in [2.24, 2.45) is 0 Å². The Bertz CT molecular complexity index is 1090. The van der Waals surface area contributed by atoms with Gasteiger partial charge in [0.05, 0.1) is 38.3 Å². The van der Waals surface area contributed by atoms with Crippen LogP contribution in [0.2, 0.25) is 0 Å². The Labute approximate surface area is 183 Å². The first kappa shape index (κ1) is 20.2. The van der Waals surface area contributed by atoms with Gasteiger partial charge in [0.15, 0.2) is 0 Å². The normalized spacial score (nSPS) is 28.4. The van der Waals surface area contributed by atoms with Crippen molar-refractivity contribution in [2.75, 3.05) is 33.3 Å². The molecule has 0 saturated carbocycles. The molecule has 3 aliphatic rings. The first-order valence-corrected chi connectivity index (χ1v) is 11.0. The Morgan fingerprint density at radius 3 is 2.87 bits per heavy atom. The second-order valence-electron chi connectivity index (χ2n) is 8.86. The van der Waals surface area contributed by atoms with Crippen LogP contribution in [-0.2, 0) is 6.54 Å². The van der Waals surface area contributed by atoms with Crippen molar-refractivity contribution in [3.05, 3.63) is 84.6 Å². The van der Waals surface area contributed by atoms with Gasteiger partial charge in [-0.2, -0.15) is 0 Å². The summed E-state index contributed by atoms with van der Waals surface area (Å²) in [6.45, 7) is 8.93. The molecule has 0 radical (unpaired) electrons. The molecule has 2 bridgehead atoms. The maximum atomic E-state index is 11.8. The molecule has 1 unspecified atom stereocenters. The average Bonchev–Trinajstić information content (AvgIpc) is 2.83. The fourth-order valence-corrected chi connectivity index (χ4v) is 5.58. The van der Waals surface area contributed by atoms with Gasteiger partial charge in [0.1, 0.15) is 24.4 Å². The number of hydrogen-bond acceptors (Lipinski definition) is 4. The Morgan fingerprint density at radius 1 is 1.26 bits per heavy atom. The number of methoxy groups -OCH3 is 1. The molecule has 3 fully saturated rings. The lowest BCUT2D eigenvalue weighted by molar-refractivity contribution is -0.982. The smallest absolute Gasteiger partial charge is 0.133 e. The van der Waals surface area contributed by atoms with Crippen LogP contribution in [0.3, 0.4) is 0 Å². The molecular weight excluding hydrogens is 386 g/mol. The number of aromatic nitrogens is 1. The zero-order valence-corrected chi connectivity index (χ0v) is 18.0. The second kappa shape index (κ2) is 8.08. The number of benzene rings is 2. The first-order valence-electron chi connectivity index (χ1n) is 11.0. The van der Waals surface area contributed by atoms with Crippen molar-refractivity contribution >= 4 is 10.9 Å². The summed E-state index contributed by atoms with van der Waals surface area (Å²) in [5.41, 5.74) is 3.13. The predicted molar refractivity (Wildman–Crippen MR) is 123 cm³/mol. The zero-order chi connectivity index (χ0) is 21.4. The molecule has 160 valence electrons. The number of rotatable bonds is 6. The lowest BCUT2D eigenvalue weighted by atomic mass is 9.88. The van der Waals surface area contributed by atoms with Gasteiger partial charge in [-0.3, -0.25) is 9.88 Å². The van der Waals surface area contributed by atoms with Gasteiger partial charge in [-0.25, -0.2) is 0 Å². The number of ether oxygens (including phenoxy) is 1. The van der Waals surface area contributed by atoms with Crippen molar-refractivity contribution in [3.8, 4) is 5.75 Å². The molecule has 0 aliphatic carbocycles. The molecule has 0 spiro atoms. The molecule has 1 N–H and O–H groups in total. The number of piperazine rings is 3. The number of aliphatic hydroxyl groups excluding tert-OH is 1. The van der Waals surface area contributed by atoms with Crippen LogP contribution in [0.4, 0.5) is 0 Å². The van der Waals surface area contributed by atoms with E-state index < -0.39 is 6.10 Å². The maximum absolute atomic E-state index is 11.8. The van der Waals surface area contributed by atoms with E-state index >= 15 is 0 Å². The molecular formula is C26H30N3O2+. The molecule has 3 saturated heterocycles. The van der Waals surface area contributed by atoms with Crippen molar-refractivity contribution in [1.29, 1.82) is 0 Å². The van der Waals surface area contributed by atoms with E-state index in [2.05, 4.69) is 52.9 Å². The standard InChI is InChI=1S/C26H30N3O2/c1-3-20-18-29(17-19-7-5-4-6-8-19)14-13-28(20)16-25(29)26(30)22-11-12-27-24-10-9-21(31-2)15-23(22)24/h3-12,15,20,25-26,30H,1,13-14,16-18H2,2H3/q+1/t20-,25-,26+,29+/m0/s1. The highest BCUT2D eigenvalue weighted by atomic mass is 16.5. The van der Waals surface area contributed by atoms with Crippen LogP contribution in [0, 0.1) is 0 Å². The molecule has 1 aromatic heterocycles. The van der Waals surface area contributed by atoms with E-state index in [-0.39, 0.29) is 6.04 Å². The van der Waals surface area contributed by atoms with Gasteiger partial charge >= 0.3 is 0 Å². The summed E-state index contributed by atoms with van der Waals surface area (Å²) in [5.74, 6) is 0.781. The van der Waals surface area contributed by atoms with E-state index in [0.717, 1.165) is 59.4 Å². The molecule has 3 aromatic rings. The molecule has 3 aliphatic heterocycles. The molecule has 31 heavy (non-hydrogen) atoms. The Hall–Kier alpha value is -2.73. The third kappa shape index (κ3) is 3.53. The van der Waals surface area contributed by atoms with E-state index in [1.165, 1.54) is 5.56 Å². The highest BCUT2D eigenvalue weighted by Gasteiger charge is 2.53. The number of aliphatic hydroxyl groups is 1. The number of pyridine rings is 1. The van der Waals surface area contributed by atoms with Gasteiger partial charge in [0.2, 0.25) is 0 Å². The molecule has 0 amide bonds. The maximum Gasteiger partial charge on any atom is 0.133 e. The minimum Gasteiger partial charge on any atom is -0.497 e. The van der Waals surface area contributed by atoms with Gasteiger partial charge < -0.3 is 14.3 Å². The lowest BCUT2D eigenvalue weighted by Crippen LogP contribution is -2.75. The summed E-state index contributed by atoms with van der Waals surface area (Å²) in [6, 6.07) is 19.0. The highest BCUT2D eigenvalue weighted by molar-refractivity contribution is 5.83. The summed E-state index contributed by atoms with van der Waals surface area (Å²) in [5, 5.41) is 12.8. The van der Waals surface area contributed by atoms with Gasteiger partial charge in [-0.05, 0) is 29.8 Å². The summed E-state index contributed by atoms with van der Waals surface area (Å²) in [6.07, 6.45) is 3.29. The highest BCUT2D eigenvalue weighted by Crippen LogP contribution is 2.40. The molecule has 5 atom stereocenters. The van der Waals surface area contributed by atoms with Crippen molar-refractivity contribution < 1.29 is 14.3 Å². The first-order chi connectivity index (χ1) is 15.1. The molecule has 2 aromatic carbocycles. The molecule has 4 heterocycles. The summed E-state index contributed by atoms with van der Waals surface area (Å²) >= 11 is 0. The van der Waals surface area contributed by atoms with Crippen LogP contribution >= 0.6 is 0 Å². The largest absolute Gasteiger partial charge is 0.497 e. The van der Waals surface area contributed by atoms with E-state index in [1.54, 1.807) is 13.3 Å². The van der Waals surface area contributed by atoms with Gasteiger partial charge in [-0.1, -0.05) is 36.4 Å². The number of fused-ring (bicyclic) bond motifs is 4. The summed E-state index contributed by atoms with van der Waals surface area (Å²) < 4.78 is 6.33. The van der Waals surface area contributed by atoms with Crippen molar-refractivity contribution in [2.45, 2.75) is 24.7 Å². The minimum absolute atomic E-state index is 0.0851. The average molecular weight is 417 g/mol. The summed E-state index contributed by atoms with van der Waals surface area (Å²) in [4.78, 5) is 6.99. The summed E-state index contributed by atoms with van der Waals surface area (Å²) in [7, 11) is 1.67. The topological polar surface area (TPSA) is 45.6 Å². The van der Waals surface area contributed by atoms with Gasteiger partial charge in [-0.15, -0.1) is 6.58 Å². The van der Waals surface area contributed by atoms with Crippen LogP contribution in [0.15, 0.2) is 73.4 Å². The quantitative estimate of drug-likeness (QED) is 0.493. The van der Waals surface area contributed by atoms with Crippen LogP contribution in [-0.4, -0.2) is 64.8 Å². The van der Waals surface area contributed by atoms with Crippen molar-refractivity contribution in [3.63, 3.8) is 0 Å². The minimum atomic E-state index is -0.588. The molecule has 6 rings (SSSR count). The van der Waals surface area contributed by atoms with Crippen LogP contribution in [0.1, 0.15) is 17.2 Å². The number of hydrogen-bond donors (Lipinski definition) is 1. The Balaban J connectivity index is 1.56. The fraction of sp³-hybridized carbons (Fsp3) is 0.346. The van der Waals surface area contributed by atoms with Gasteiger partial charge in [0, 0.05) is 23.7 Å². The van der Waals surface area contributed by atoms with E-state index in [9.17, 15) is 5.11 Å². The van der Waals surface area contributed by atoms with Gasteiger partial charge in [0.25, 0.3) is 0 Å². The van der Waals surface area contributed by atoms with Crippen LogP contribution in [0.5, 0.6) is 5.75 Å². The van der Waals surface area contributed by atoms with E-state index in [0.29, 0.717) is 6.04 Å². The SMILES string of the molecule is C=C[C@H]1C[N@+]2(Cc3ccccc3)CCN1C[C@H]2[C@H](O)c1ccnc2ccc(OC)cc12. The lowest BCUT2D eigenvalue weighted by Gasteiger charge is -2.59. The predicted octanol–water partition coefficient (Wildman–Crippen LogP) is 3.55. The Kier molecular flexibility index (Phi) is 5.26. The molecule has 5 heteroatoms. The van der Waals surface area contributed by atoms with E-state index in [1.807, 2.05) is 24.3 Å². The third-order valence-electron chi connectivity index (χ3n) is 7.26. The third-order valence-corrected chi connectivity index (χ3v) is 7.26. The van der Waals surface area contributed by atoms with Crippen LogP contribution in [0.25, 0.3) is 10.9 Å². The van der Waals surface area contributed by atoms with Crippen LogP contribution < -0.4 is 4.74 Å². The zero-order valence-electron chi connectivity index (χ0n) is 18.0. The number of quaternary nitrogens is 1. The molecule has 5 nitrogen and oxygen atoms in total.